The van der Waals surface area contributed by atoms with Gasteiger partial charge >= 0.3 is 0 Å². The Morgan fingerprint density at radius 1 is 0.833 bits per heavy atom. The van der Waals surface area contributed by atoms with Crippen LogP contribution in [0.25, 0.3) is 0 Å². The summed E-state index contributed by atoms with van der Waals surface area (Å²) in [6.07, 6.45) is 5.45. The van der Waals surface area contributed by atoms with Gasteiger partial charge in [-0.3, -0.25) is 9.80 Å². The van der Waals surface area contributed by atoms with Crippen LogP contribution in [0.5, 0.6) is 0 Å². The van der Waals surface area contributed by atoms with E-state index in [0.29, 0.717) is 0 Å². The van der Waals surface area contributed by atoms with Gasteiger partial charge in [-0.05, 0) is 38.8 Å². The molecular weight excluding hydrogens is 226 g/mol. The largest absolute Gasteiger partial charge is 0.379 e. The molecule has 0 amide bonds. The van der Waals surface area contributed by atoms with Crippen molar-refractivity contribution in [3.63, 3.8) is 0 Å². The number of morpholine rings is 1. The van der Waals surface area contributed by atoms with E-state index in [2.05, 4.69) is 15.1 Å². The molecule has 0 aromatic heterocycles. The molecule has 2 unspecified atom stereocenters. The first-order valence-electron chi connectivity index (χ1n) is 7.70. The molecule has 0 saturated carbocycles. The lowest BCUT2D eigenvalue weighted by Gasteiger charge is -2.33. The minimum absolute atomic E-state index is 0.796. The Morgan fingerprint density at radius 3 is 2.61 bits per heavy atom. The number of rotatable bonds is 2. The Morgan fingerprint density at radius 2 is 1.72 bits per heavy atom. The molecule has 3 fully saturated rings. The summed E-state index contributed by atoms with van der Waals surface area (Å²) in [5.41, 5.74) is 0. The van der Waals surface area contributed by atoms with Crippen molar-refractivity contribution >= 4 is 0 Å². The Bertz CT molecular complexity index is 247. The SMILES string of the molecule is C1CNCCC(N2CCC(N3CCOCC3)C2)C1. The van der Waals surface area contributed by atoms with Gasteiger partial charge in [-0.25, -0.2) is 0 Å². The second-order valence-electron chi connectivity index (χ2n) is 5.92. The number of hydrogen-bond acceptors (Lipinski definition) is 4. The van der Waals surface area contributed by atoms with E-state index in [9.17, 15) is 0 Å². The van der Waals surface area contributed by atoms with Gasteiger partial charge in [0, 0.05) is 38.3 Å². The van der Waals surface area contributed by atoms with Crippen molar-refractivity contribution in [2.75, 3.05) is 52.5 Å². The van der Waals surface area contributed by atoms with Crippen molar-refractivity contribution in [2.45, 2.75) is 37.8 Å². The average molecular weight is 253 g/mol. The lowest BCUT2D eigenvalue weighted by molar-refractivity contribution is 0.0174. The van der Waals surface area contributed by atoms with Gasteiger partial charge in [-0.15, -0.1) is 0 Å². The van der Waals surface area contributed by atoms with Gasteiger partial charge in [0.15, 0.2) is 0 Å². The molecule has 104 valence electrons. The van der Waals surface area contributed by atoms with Crippen molar-refractivity contribution < 1.29 is 4.74 Å². The quantitative estimate of drug-likeness (QED) is 0.777. The minimum Gasteiger partial charge on any atom is -0.379 e. The third-order valence-corrected chi connectivity index (χ3v) is 4.82. The predicted molar refractivity (Wildman–Crippen MR) is 72.9 cm³/mol. The summed E-state index contributed by atoms with van der Waals surface area (Å²) < 4.78 is 5.46. The molecule has 2 atom stereocenters. The fraction of sp³-hybridized carbons (Fsp3) is 1.00. The normalized spacial score (nSPS) is 36.7. The fourth-order valence-electron chi connectivity index (χ4n) is 3.71. The smallest absolute Gasteiger partial charge is 0.0594 e. The van der Waals surface area contributed by atoms with E-state index < -0.39 is 0 Å². The van der Waals surface area contributed by atoms with Crippen molar-refractivity contribution in [1.82, 2.24) is 15.1 Å². The maximum Gasteiger partial charge on any atom is 0.0594 e. The van der Waals surface area contributed by atoms with Crippen LogP contribution in [-0.2, 0) is 4.74 Å². The molecule has 0 aromatic carbocycles. The zero-order valence-electron chi connectivity index (χ0n) is 11.4. The van der Waals surface area contributed by atoms with E-state index in [0.717, 1.165) is 38.4 Å². The fourth-order valence-corrected chi connectivity index (χ4v) is 3.71. The molecular formula is C14H27N3O. The molecule has 4 nitrogen and oxygen atoms in total. The number of hydrogen-bond donors (Lipinski definition) is 1. The Kier molecular flexibility index (Phi) is 4.52. The summed E-state index contributed by atoms with van der Waals surface area (Å²) in [4.78, 5) is 5.41. The van der Waals surface area contributed by atoms with E-state index in [1.54, 1.807) is 0 Å². The third kappa shape index (κ3) is 3.05. The van der Waals surface area contributed by atoms with Crippen molar-refractivity contribution in [3.8, 4) is 0 Å². The highest BCUT2D eigenvalue weighted by atomic mass is 16.5. The molecule has 0 aliphatic carbocycles. The van der Waals surface area contributed by atoms with Crippen LogP contribution in [-0.4, -0.2) is 74.4 Å². The zero-order chi connectivity index (χ0) is 12.2. The van der Waals surface area contributed by atoms with Crippen LogP contribution >= 0.6 is 0 Å². The molecule has 0 aromatic rings. The second-order valence-corrected chi connectivity index (χ2v) is 5.92. The maximum absolute atomic E-state index is 5.46. The summed E-state index contributed by atoms with van der Waals surface area (Å²) in [6, 6.07) is 1.64. The topological polar surface area (TPSA) is 27.7 Å². The van der Waals surface area contributed by atoms with Gasteiger partial charge in [0.1, 0.15) is 0 Å². The summed E-state index contributed by atoms with van der Waals surface area (Å²) in [5, 5.41) is 3.52. The van der Waals surface area contributed by atoms with Gasteiger partial charge < -0.3 is 10.1 Å². The van der Waals surface area contributed by atoms with Crippen molar-refractivity contribution in [1.29, 1.82) is 0 Å². The zero-order valence-corrected chi connectivity index (χ0v) is 11.4. The first-order chi connectivity index (χ1) is 8.93. The highest BCUT2D eigenvalue weighted by Crippen LogP contribution is 2.23. The van der Waals surface area contributed by atoms with Crippen LogP contribution in [0.1, 0.15) is 25.7 Å². The lowest BCUT2D eigenvalue weighted by Crippen LogP contribution is -2.45. The molecule has 3 saturated heterocycles. The maximum atomic E-state index is 5.46. The van der Waals surface area contributed by atoms with Crippen LogP contribution < -0.4 is 5.32 Å². The summed E-state index contributed by atoms with van der Waals surface area (Å²) in [6.45, 7) is 9.20. The molecule has 3 aliphatic rings. The highest BCUT2D eigenvalue weighted by molar-refractivity contribution is 4.88. The van der Waals surface area contributed by atoms with E-state index in [-0.39, 0.29) is 0 Å². The standard InChI is InChI=1S/C14H27N3O/c1-2-13(3-6-15-5-1)17-7-4-14(12-17)16-8-10-18-11-9-16/h13-15H,1-12H2. The van der Waals surface area contributed by atoms with Gasteiger partial charge in [0.2, 0.25) is 0 Å². The molecule has 4 heteroatoms. The first-order valence-corrected chi connectivity index (χ1v) is 7.70. The average Bonchev–Trinajstić information content (AvgIpc) is 2.76. The van der Waals surface area contributed by atoms with Gasteiger partial charge in [-0.1, -0.05) is 0 Å². The Hall–Kier alpha value is -0.160. The van der Waals surface area contributed by atoms with E-state index in [1.165, 1.54) is 51.9 Å². The monoisotopic (exact) mass is 253 g/mol. The number of likely N-dealkylation sites (tertiary alicyclic amines) is 1. The van der Waals surface area contributed by atoms with E-state index in [4.69, 9.17) is 4.74 Å². The lowest BCUT2D eigenvalue weighted by atomic mass is 10.1. The van der Waals surface area contributed by atoms with Crippen molar-refractivity contribution in [3.05, 3.63) is 0 Å². The van der Waals surface area contributed by atoms with E-state index in [1.807, 2.05) is 0 Å². The second kappa shape index (κ2) is 6.33. The Balaban J connectivity index is 1.50. The number of ether oxygens (including phenoxy) is 1. The minimum atomic E-state index is 0.796. The van der Waals surface area contributed by atoms with Crippen LogP contribution in [0.2, 0.25) is 0 Å². The molecule has 3 rings (SSSR count). The Labute approximate surface area is 111 Å². The number of nitrogens with one attached hydrogen (secondary N) is 1. The molecule has 1 N–H and O–H groups in total. The van der Waals surface area contributed by atoms with E-state index >= 15 is 0 Å². The summed E-state index contributed by atoms with van der Waals surface area (Å²) in [5.74, 6) is 0. The van der Waals surface area contributed by atoms with Gasteiger partial charge in [0.05, 0.1) is 13.2 Å². The first kappa shape index (κ1) is 12.9. The summed E-state index contributed by atoms with van der Waals surface area (Å²) in [7, 11) is 0. The molecule has 0 spiro atoms. The van der Waals surface area contributed by atoms with Gasteiger partial charge in [-0.2, -0.15) is 0 Å². The van der Waals surface area contributed by atoms with Crippen LogP contribution in [0.4, 0.5) is 0 Å². The number of nitrogens with zero attached hydrogens (tertiary/aromatic N) is 2. The molecule has 3 aliphatic heterocycles. The summed E-state index contributed by atoms with van der Waals surface area (Å²) >= 11 is 0. The molecule has 0 bridgehead atoms. The molecule has 18 heavy (non-hydrogen) atoms. The van der Waals surface area contributed by atoms with Crippen LogP contribution in [0, 0.1) is 0 Å². The predicted octanol–water partition coefficient (Wildman–Crippen LogP) is 0.535. The molecule has 3 heterocycles. The van der Waals surface area contributed by atoms with Crippen molar-refractivity contribution in [2.24, 2.45) is 0 Å². The van der Waals surface area contributed by atoms with Gasteiger partial charge in [0.25, 0.3) is 0 Å². The van der Waals surface area contributed by atoms with Crippen LogP contribution in [0.3, 0.4) is 0 Å². The van der Waals surface area contributed by atoms with Crippen LogP contribution in [0.15, 0.2) is 0 Å². The highest BCUT2D eigenvalue weighted by Gasteiger charge is 2.32. The molecule has 0 radical (unpaired) electrons. The third-order valence-electron chi connectivity index (χ3n) is 4.82.